The first-order valence-corrected chi connectivity index (χ1v) is 5.22. The van der Waals surface area contributed by atoms with Crippen LogP contribution < -0.4 is 11.5 Å². The summed E-state index contributed by atoms with van der Waals surface area (Å²) in [7, 11) is 0. The summed E-state index contributed by atoms with van der Waals surface area (Å²) in [5, 5.41) is 0. The minimum absolute atomic E-state index is 0.530. The van der Waals surface area contributed by atoms with E-state index in [1.54, 1.807) is 0 Å². The molecule has 0 amide bonds. The van der Waals surface area contributed by atoms with Crippen molar-refractivity contribution in [3.8, 4) is 0 Å². The van der Waals surface area contributed by atoms with Gasteiger partial charge >= 0.3 is 0 Å². The summed E-state index contributed by atoms with van der Waals surface area (Å²) in [4.78, 5) is 0. The highest BCUT2D eigenvalue weighted by Gasteiger charge is 2.49. The summed E-state index contributed by atoms with van der Waals surface area (Å²) >= 11 is 0. The molecule has 0 aromatic heterocycles. The van der Waals surface area contributed by atoms with Crippen LogP contribution in [0.25, 0.3) is 0 Å². The van der Waals surface area contributed by atoms with Crippen LogP contribution in [0, 0.1) is 17.3 Å². The molecule has 2 aliphatic rings. The minimum Gasteiger partial charge on any atom is -0.330 e. The molecule has 2 unspecified atom stereocenters. The molecule has 2 rings (SSSR count). The molecular weight excluding hydrogens is 148 g/mol. The number of nitrogens with two attached hydrogens (primary N) is 2. The van der Waals surface area contributed by atoms with Crippen molar-refractivity contribution in [2.45, 2.75) is 32.1 Å². The minimum atomic E-state index is 0.530. The molecule has 12 heavy (non-hydrogen) atoms. The van der Waals surface area contributed by atoms with Crippen molar-refractivity contribution in [2.24, 2.45) is 28.7 Å². The van der Waals surface area contributed by atoms with Gasteiger partial charge in [0.25, 0.3) is 0 Å². The van der Waals surface area contributed by atoms with Crippen molar-refractivity contribution in [3.05, 3.63) is 0 Å². The summed E-state index contributed by atoms with van der Waals surface area (Å²) in [6.07, 6.45) is 6.86. The van der Waals surface area contributed by atoms with E-state index in [1.807, 2.05) is 0 Å². The Bertz CT molecular complexity index is 156. The summed E-state index contributed by atoms with van der Waals surface area (Å²) in [5.74, 6) is 1.68. The highest BCUT2D eigenvalue weighted by molar-refractivity contribution is 5.00. The lowest BCUT2D eigenvalue weighted by atomic mass is 9.51. The lowest BCUT2D eigenvalue weighted by Gasteiger charge is -2.55. The third kappa shape index (κ3) is 1.01. The predicted octanol–water partition coefficient (Wildman–Crippen LogP) is 1.10. The van der Waals surface area contributed by atoms with E-state index in [0.29, 0.717) is 5.41 Å². The van der Waals surface area contributed by atoms with Gasteiger partial charge in [-0.25, -0.2) is 0 Å². The van der Waals surface area contributed by atoms with Crippen LogP contribution in [-0.2, 0) is 0 Å². The Kier molecular flexibility index (Phi) is 2.13. The van der Waals surface area contributed by atoms with Crippen molar-refractivity contribution in [1.29, 1.82) is 0 Å². The van der Waals surface area contributed by atoms with Crippen LogP contribution in [0.3, 0.4) is 0 Å². The van der Waals surface area contributed by atoms with E-state index in [-0.39, 0.29) is 0 Å². The fraction of sp³-hybridized carbons (Fsp3) is 1.00. The van der Waals surface area contributed by atoms with Gasteiger partial charge in [0, 0.05) is 0 Å². The molecule has 0 aromatic rings. The number of rotatable bonds is 3. The van der Waals surface area contributed by atoms with Crippen LogP contribution in [0.2, 0.25) is 0 Å². The van der Waals surface area contributed by atoms with Crippen molar-refractivity contribution < 1.29 is 0 Å². The first-order valence-electron chi connectivity index (χ1n) is 5.22. The monoisotopic (exact) mass is 168 g/mol. The van der Waals surface area contributed by atoms with Gasteiger partial charge in [-0.15, -0.1) is 0 Å². The molecule has 2 aliphatic carbocycles. The molecule has 2 saturated carbocycles. The zero-order chi connectivity index (χ0) is 8.60. The Morgan fingerprint density at radius 3 is 2.17 bits per heavy atom. The molecule has 2 fully saturated rings. The first kappa shape index (κ1) is 8.52. The zero-order valence-electron chi connectivity index (χ0n) is 7.76. The average Bonchev–Trinajstić information content (AvgIpc) is 1.95. The molecular formula is C10H20N2. The van der Waals surface area contributed by atoms with Gasteiger partial charge in [-0.1, -0.05) is 6.42 Å². The van der Waals surface area contributed by atoms with Crippen LogP contribution in [-0.4, -0.2) is 13.1 Å². The summed E-state index contributed by atoms with van der Waals surface area (Å²) in [5.41, 5.74) is 12.1. The fourth-order valence-electron chi connectivity index (χ4n) is 3.01. The summed E-state index contributed by atoms with van der Waals surface area (Å²) in [6.45, 7) is 1.78. The Morgan fingerprint density at radius 1 is 1.17 bits per heavy atom. The first-order chi connectivity index (χ1) is 5.82. The molecule has 2 atom stereocenters. The van der Waals surface area contributed by atoms with E-state index >= 15 is 0 Å². The molecule has 0 heterocycles. The molecule has 4 N–H and O–H groups in total. The lowest BCUT2D eigenvalue weighted by molar-refractivity contribution is -0.0331. The Hall–Kier alpha value is -0.0800. The topological polar surface area (TPSA) is 52.0 Å². The van der Waals surface area contributed by atoms with E-state index < -0.39 is 0 Å². The maximum atomic E-state index is 5.86. The van der Waals surface area contributed by atoms with Crippen LogP contribution in [0.5, 0.6) is 0 Å². The number of hydrogen-bond donors (Lipinski definition) is 2. The normalized spacial score (nSPS) is 38.5. The summed E-state index contributed by atoms with van der Waals surface area (Å²) < 4.78 is 0. The Balaban J connectivity index is 1.97. The predicted molar refractivity (Wildman–Crippen MR) is 50.6 cm³/mol. The molecule has 0 spiro atoms. The van der Waals surface area contributed by atoms with Crippen LogP contribution in [0.1, 0.15) is 32.1 Å². The maximum Gasteiger partial charge on any atom is -0.00178 e. The second-order valence-electron chi connectivity index (χ2n) is 4.60. The van der Waals surface area contributed by atoms with Gasteiger partial charge in [0.1, 0.15) is 0 Å². The fourth-order valence-corrected chi connectivity index (χ4v) is 3.01. The maximum absolute atomic E-state index is 5.86. The zero-order valence-corrected chi connectivity index (χ0v) is 7.76. The van der Waals surface area contributed by atoms with Gasteiger partial charge < -0.3 is 11.5 Å². The molecule has 0 saturated heterocycles. The molecule has 0 radical (unpaired) electrons. The second kappa shape index (κ2) is 3.00. The van der Waals surface area contributed by atoms with Crippen LogP contribution in [0.15, 0.2) is 0 Å². The van der Waals surface area contributed by atoms with E-state index in [0.717, 1.165) is 24.9 Å². The van der Waals surface area contributed by atoms with E-state index in [9.17, 15) is 0 Å². The van der Waals surface area contributed by atoms with Gasteiger partial charge in [-0.2, -0.15) is 0 Å². The van der Waals surface area contributed by atoms with E-state index in [1.165, 1.54) is 32.1 Å². The third-order valence-corrected chi connectivity index (χ3v) is 4.26. The van der Waals surface area contributed by atoms with Crippen LogP contribution >= 0.6 is 0 Å². The average molecular weight is 168 g/mol. The van der Waals surface area contributed by atoms with E-state index in [2.05, 4.69) is 0 Å². The van der Waals surface area contributed by atoms with Crippen LogP contribution in [0.4, 0.5) is 0 Å². The molecule has 0 aliphatic heterocycles. The molecule has 2 nitrogen and oxygen atoms in total. The van der Waals surface area contributed by atoms with Crippen molar-refractivity contribution in [1.82, 2.24) is 0 Å². The second-order valence-corrected chi connectivity index (χ2v) is 4.60. The molecule has 70 valence electrons. The SMILES string of the molecule is NCC1CCC1C1(CN)CCC1. The molecule has 0 bridgehead atoms. The molecule has 2 heteroatoms. The quantitative estimate of drug-likeness (QED) is 0.663. The van der Waals surface area contributed by atoms with Gasteiger partial charge in [0.2, 0.25) is 0 Å². The highest BCUT2D eigenvalue weighted by atomic mass is 14.7. The highest BCUT2D eigenvalue weighted by Crippen LogP contribution is 2.55. The number of hydrogen-bond acceptors (Lipinski definition) is 2. The lowest BCUT2D eigenvalue weighted by Crippen LogP contribution is -2.52. The van der Waals surface area contributed by atoms with Gasteiger partial charge in [-0.05, 0) is 56.0 Å². The van der Waals surface area contributed by atoms with E-state index in [4.69, 9.17) is 11.5 Å². The largest absolute Gasteiger partial charge is 0.330 e. The Morgan fingerprint density at radius 2 is 1.92 bits per heavy atom. The van der Waals surface area contributed by atoms with Crippen molar-refractivity contribution in [2.75, 3.05) is 13.1 Å². The molecule has 0 aromatic carbocycles. The Labute approximate surface area is 74.7 Å². The van der Waals surface area contributed by atoms with Crippen molar-refractivity contribution in [3.63, 3.8) is 0 Å². The summed E-state index contributed by atoms with van der Waals surface area (Å²) in [6, 6.07) is 0. The van der Waals surface area contributed by atoms with Gasteiger partial charge in [0.05, 0.1) is 0 Å². The third-order valence-electron chi connectivity index (χ3n) is 4.26. The van der Waals surface area contributed by atoms with Gasteiger partial charge in [-0.3, -0.25) is 0 Å². The van der Waals surface area contributed by atoms with Crippen molar-refractivity contribution >= 4 is 0 Å². The standard InChI is InChI=1S/C10H20N2/c11-6-8-2-3-9(8)10(7-12)4-1-5-10/h8-9H,1-7,11-12H2. The smallest absolute Gasteiger partial charge is 0.00178 e. The van der Waals surface area contributed by atoms with Gasteiger partial charge in [0.15, 0.2) is 0 Å².